The minimum absolute atomic E-state index is 0.0381. The van der Waals surface area contributed by atoms with Crippen LogP contribution >= 0.6 is 0 Å². The normalized spacial score (nSPS) is 9.13. The first kappa shape index (κ1) is 10.8. The lowest BCUT2D eigenvalue weighted by molar-refractivity contribution is 0.0520. The fourth-order valence-corrected chi connectivity index (χ4v) is 0.950. The van der Waals surface area contributed by atoms with Crippen molar-refractivity contribution in [1.82, 2.24) is 4.98 Å². The van der Waals surface area contributed by atoms with Crippen LogP contribution in [0.15, 0.2) is 17.4 Å². The summed E-state index contributed by atoms with van der Waals surface area (Å²) in [4.78, 5) is 17.7. The molecule has 78 valence electrons. The number of hydrogen-bond acceptors (Lipinski definition) is 5. The van der Waals surface area contributed by atoms with Crippen LogP contribution in [0.1, 0.15) is 17.4 Å². The standard InChI is InChI=1S/C8H9N5O2/c1-2-15-8(14)7-6(12-13-10)3-5(9)4-11-7/h3-4H,2,9H2,1H3. The van der Waals surface area contributed by atoms with Crippen molar-refractivity contribution in [2.45, 2.75) is 6.92 Å². The van der Waals surface area contributed by atoms with Crippen LogP contribution in [0.5, 0.6) is 0 Å². The first-order valence-corrected chi connectivity index (χ1v) is 4.16. The highest BCUT2D eigenvalue weighted by Gasteiger charge is 2.13. The van der Waals surface area contributed by atoms with Gasteiger partial charge in [0.15, 0.2) is 5.69 Å². The molecule has 1 rings (SSSR count). The van der Waals surface area contributed by atoms with Gasteiger partial charge in [-0.25, -0.2) is 9.78 Å². The van der Waals surface area contributed by atoms with E-state index in [1.165, 1.54) is 12.3 Å². The Labute approximate surface area is 85.5 Å². The highest BCUT2D eigenvalue weighted by molar-refractivity contribution is 5.93. The third-order valence-corrected chi connectivity index (χ3v) is 1.51. The Morgan fingerprint density at radius 1 is 1.80 bits per heavy atom. The van der Waals surface area contributed by atoms with Crippen LogP contribution in [-0.4, -0.2) is 17.6 Å². The number of carbonyl (C=O) groups is 1. The van der Waals surface area contributed by atoms with E-state index < -0.39 is 5.97 Å². The van der Waals surface area contributed by atoms with E-state index in [9.17, 15) is 4.79 Å². The van der Waals surface area contributed by atoms with E-state index >= 15 is 0 Å². The second kappa shape index (κ2) is 4.83. The molecule has 1 aromatic rings. The van der Waals surface area contributed by atoms with Gasteiger partial charge in [0, 0.05) is 4.91 Å². The molecule has 0 amide bonds. The van der Waals surface area contributed by atoms with Gasteiger partial charge in [0.2, 0.25) is 0 Å². The zero-order valence-corrected chi connectivity index (χ0v) is 8.04. The molecule has 1 heterocycles. The SMILES string of the molecule is CCOC(=O)c1ncc(N)cc1N=[N+]=[N-]. The van der Waals surface area contributed by atoms with Crippen LogP contribution in [0, 0.1) is 0 Å². The molecule has 0 saturated heterocycles. The maximum Gasteiger partial charge on any atom is 0.357 e. The van der Waals surface area contributed by atoms with E-state index in [1.807, 2.05) is 0 Å². The predicted octanol–water partition coefficient (Wildman–Crippen LogP) is 1.78. The molecule has 0 atom stereocenters. The number of nitrogen functional groups attached to an aromatic ring is 1. The highest BCUT2D eigenvalue weighted by atomic mass is 16.5. The van der Waals surface area contributed by atoms with Crippen molar-refractivity contribution in [3.63, 3.8) is 0 Å². The molecule has 0 fully saturated rings. The van der Waals surface area contributed by atoms with Crippen LogP contribution < -0.4 is 5.73 Å². The number of anilines is 1. The zero-order valence-electron chi connectivity index (χ0n) is 8.04. The molecule has 15 heavy (non-hydrogen) atoms. The maximum atomic E-state index is 11.3. The lowest BCUT2D eigenvalue weighted by atomic mass is 10.3. The van der Waals surface area contributed by atoms with Gasteiger partial charge in [0.1, 0.15) is 0 Å². The molecular formula is C8H9N5O2. The van der Waals surface area contributed by atoms with Gasteiger partial charge in [0.25, 0.3) is 0 Å². The van der Waals surface area contributed by atoms with E-state index in [4.69, 9.17) is 16.0 Å². The summed E-state index contributed by atoms with van der Waals surface area (Å²) < 4.78 is 4.73. The number of nitrogens with two attached hydrogens (primary N) is 1. The molecule has 7 heteroatoms. The van der Waals surface area contributed by atoms with Crippen LogP contribution in [0.25, 0.3) is 10.4 Å². The molecule has 7 nitrogen and oxygen atoms in total. The van der Waals surface area contributed by atoms with Gasteiger partial charge in [-0.1, -0.05) is 5.11 Å². The summed E-state index contributed by atoms with van der Waals surface area (Å²) in [5.41, 5.74) is 14.1. The summed E-state index contributed by atoms with van der Waals surface area (Å²) >= 11 is 0. The Morgan fingerprint density at radius 2 is 2.53 bits per heavy atom. The average Bonchev–Trinajstić information content (AvgIpc) is 2.18. The number of pyridine rings is 1. The number of rotatable bonds is 3. The molecule has 0 bridgehead atoms. The number of hydrogen-bond donors (Lipinski definition) is 1. The van der Waals surface area contributed by atoms with Gasteiger partial charge in [-0.05, 0) is 18.5 Å². The Balaban J connectivity index is 3.16. The molecule has 0 unspecified atom stereocenters. The molecule has 0 aliphatic carbocycles. The third-order valence-electron chi connectivity index (χ3n) is 1.51. The molecule has 2 N–H and O–H groups in total. The fraction of sp³-hybridized carbons (Fsp3) is 0.250. The maximum absolute atomic E-state index is 11.3. The molecule has 0 saturated carbocycles. The minimum atomic E-state index is -0.639. The Hall–Kier alpha value is -2.27. The van der Waals surface area contributed by atoms with Crippen molar-refractivity contribution in [2.24, 2.45) is 5.11 Å². The van der Waals surface area contributed by atoms with Gasteiger partial charge in [-0.3, -0.25) is 0 Å². The topological polar surface area (TPSA) is 114 Å². The van der Waals surface area contributed by atoms with Crippen LogP contribution in [-0.2, 0) is 4.74 Å². The molecule has 0 spiro atoms. The number of ether oxygens (including phenoxy) is 1. The zero-order chi connectivity index (χ0) is 11.3. The number of esters is 1. The van der Waals surface area contributed by atoms with Crippen LogP contribution in [0.4, 0.5) is 11.4 Å². The molecule has 1 aromatic heterocycles. The predicted molar refractivity (Wildman–Crippen MR) is 53.4 cm³/mol. The summed E-state index contributed by atoms with van der Waals surface area (Å²) in [7, 11) is 0. The first-order chi connectivity index (χ1) is 7.19. The second-order valence-corrected chi connectivity index (χ2v) is 2.55. The summed E-state index contributed by atoms with van der Waals surface area (Å²) in [6.45, 7) is 1.89. The summed E-state index contributed by atoms with van der Waals surface area (Å²) in [5.74, 6) is -0.639. The van der Waals surface area contributed by atoms with Crippen molar-refractivity contribution < 1.29 is 9.53 Å². The Bertz CT molecular complexity index is 425. The van der Waals surface area contributed by atoms with Crippen molar-refractivity contribution in [3.05, 3.63) is 28.4 Å². The largest absolute Gasteiger partial charge is 0.461 e. The van der Waals surface area contributed by atoms with E-state index in [-0.39, 0.29) is 18.0 Å². The van der Waals surface area contributed by atoms with E-state index in [1.54, 1.807) is 6.92 Å². The third kappa shape index (κ3) is 2.58. The van der Waals surface area contributed by atoms with Gasteiger partial charge in [0.05, 0.1) is 24.2 Å². The monoisotopic (exact) mass is 207 g/mol. The first-order valence-electron chi connectivity index (χ1n) is 4.16. The van der Waals surface area contributed by atoms with Crippen molar-refractivity contribution in [1.29, 1.82) is 0 Å². The van der Waals surface area contributed by atoms with Crippen LogP contribution in [0.2, 0.25) is 0 Å². The van der Waals surface area contributed by atoms with Crippen molar-refractivity contribution in [2.75, 3.05) is 12.3 Å². The van der Waals surface area contributed by atoms with E-state index in [0.29, 0.717) is 5.69 Å². The fourth-order valence-electron chi connectivity index (χ4n) is 0.950. The molecule has 0 radical (unpaired) electrons. The second-order valence-electron chi connectivity index (χ2n) is 2.55. The summed E-state index contributed by atoms with van der Waals surface area (Å²) in [6.07, 6.45) is 1.29. The van der Waals surface area contributed by atoms with Crippen LogP contribution in [0.3, 0.4) is 0 Å². The van der Waals surface area contributed by atoms with E-state index in [2.05, 4.69) is 15.0 Å². The van der Waals surface area contributed by atoms with Gasteiger partial charge in [-0.2, -0.15) is 0 Å². The number of azide groups is 1. The molecule has 0 aliphatic heterocycles. The van der Waals surface area contributed by atoms with Gasteiger partial charge < -0.3 is 10.5 Å². The summed E-state index contributed by atoms with van der Waals surface area (Å²) in [5, 5.41) is 3.31. The minimum Gasteiger partial charge on any atom is -0.461 e. The number of carbonyl (C=O) groups excluding carboxylic acids is 1. The lowest BCUT2D eigenvalue weighted by Crippen LogP contribution is -2.07. The average molecular weight is 207 g/mol. The molecule has 0 aliphatic rings. The Kier molecular flexibility index (Phi) is 3.48. The number of nitrogens with zero attached hydrogens (tertiary/aromatic N) is 4. The molecule has 0 aromatic carbocycles. The van der Waals surface area contributed by atoms with Gasteiger partial charge >= 0.3 is 5.97 Å². The Morgan fingerprint density at radius 3 is 3.13 bits per heavy atom. The van der Waals surface area contributed by atoms with Gasteiger partial charge in [-0.15, -0.1) is 0 Å². The highest BCUT2D eigenvalue weighted by Crippen LogP contribution is 2.20. The quantitative estimate of drug-likeness (QED) is 0.352. The number of aromatic nitrogens is 1. The van der Waals surface area contributed by atoms with E-state index in [0.717, 1.165) is 0 Å². The lowest BCUT2D eigenvalue weighted by Gasteiger charge is -2.03. The molecular weight excluding hydrogens is 198 g/mol. The van der Waals surface area contributed by atoms with Crippen molar-refractivity contribution >= 4 is 17.3 Å². The summed E-state index contributed by atoms with van der Waals surface area (Å²) in [6, 6.07) is 1.36. The van der Waals surface area contributed by atoms with Crippen molar-refractivity contribution in [3.8, 4) is 0 Å². The smallest absolute Gasteiger partial charge is 0.357 e.